The number of aryl methyl sites for hydroxylation is 2. The molecule has 2 nitrogen and oxygen atoms in total. The Balaban J connectivity index is -0.000000299. The second-order valence-electron chi connectivity index (χ2n) is 6.74. The zero-order valence-electron chi connectivity index (χ0n) is 19.2. The summed E-state index contributed by atoms with van der Waals surface area (Å²) in [6, 6.07) is 8.71. The Kier molecular flexibility index (Phi) is 27.2. The lowest BCUT2D eigenvalue weighted by Crippen LogP contribution is -1.95. The lowest BCUT2D eigenvalue weighted by molar-refractivity contribution is -0.117. The molecule has 0 spiro atoms. The zero-order valence-corrected chi connectivity index (χ0v) is 19.2. The van der Waals surface area contributed by atoms with Crippen molar-refractivity contribution in [2.45, 2.75) is 93.9 Å². The van der Waals surface area contributed by atoms with Gasteiger partial charge in [-0.25, -0.2) is 0 Å². The van der Waals surface area contributed by atoms with E-state index in [2.05, 4.69) is 45.0 Å². The Labute approximate surface area is 164 Å². The first-order valence-electron chi connectivity index (χ1n) is 10.4. The SMILES string of the molecule is CC.CC(=O)CC(C)C.CCCCCOC.CCCc1cccc(C)c1. The molecule has 0 saturated heterocycles. The molecule has 0 unspecified atom stereocenters. The van der Waals surface area contributed by atoms with Crippen molar-refractivity contribution in [2.24, 2.45) is 5.92 Å². The van der Waals surface area contributed by atoms with Crippen LogP contribution in [-0.2, 0) is 16.0 Å². The highest BCUT2D eigenvalue weighted by atomic mass is 16.5. The topological polar surface area (TPSA) is 26.3 Å². The van der Waals surface area contributed by atoms with Crippen molar-refractivity contribution in [3.63, 3.8) is 0 Å². The van der Waals surface area contributed by atoms with Crippen LogP contribution in [0.2, 0.25) is 0 Å². The number of ketones is 1. The maximum absolute atomic E-state index is 10.3. The number of rotatable bonds is 8. The van der Waals surface area contributed by atoms with Gasteiger partial charge in [-0.05, 0) is 38.2 Å². The van der Waals surface area contributed by atoms with Crippen LogP contribution in [0.3, 0.4) is 0 Å². The second kappa shape index (κ2) is 23.9. The van der Waals surface area contributed by atoms with Gasteiger partial charge in [-0.3, -0.25) is 0 Å². The summed E-state index contributed by atoms with van der Waals surface area (Å²) >= 11 is 0. The molecule has 0 aliphatic carbocycles. The number of ether oxygens (including phenoxy) is 1. The Morgan fingerprint density at radius 3 is 2.04 bits per heavy atom. The molecule has 0 N–H and O–H groups in total. The van der Waals surface area contributed by atoms with Crippen molar-refractivity contribution in [1.29, 1.82) is 0 Å². The minimum atomic E-state index is 0.287. The van der Waals surface area contributed by atoms with Crippen molar-refractivity contribution in [2.75, 3.05) is 13.7 Å². The summed E-state index contributed by atoms with van der Waals surface area (Å²) in [5.74, 6) is 0.813. The first kappa shape index (κ1) is 29.6. The van der Waals surface area contributed by atoms with Crippen LogP contribution in [0.5, 0.6) is 0 Å². The number of unbranched alkanes of at least 4 members (excludes halogenated alkanes) is 2. The van der Waals surface area contributed by atoms with Crippen molar-refractivity contribution in [1.82, 2.24) is 0 Å². The normalized spacial score (nSPS) is 9.15. The highest BCUT2D eigenvalue weighted by Crippen LogP contribution is 2.05. The summed E-state index contributed by atoms with van der Waals surface area (Å²) in [5, 5.41) is 0. The summed E-state index contributed by atoms with van der Waals surface area (Å²) in [5.41, 5.74) is 2.83. The van der Waals surface area contributed by atoms with Gasteiger partial charge in [0.1, 0.15) is 5.78 Å². The third-order valence-corrected chi connectivity index (χ3v) is 3.27. The molecule has 0 fully saturated rings. The fourth-order valence-electron chi connectivity index (χ4n) is 2.23. The average Bonchev–Trinajstić information content (AvgIpc) is 2.57. The highest BCUT2D eigenvalue weighted by molar-refractivity contribution is 5.75. The third-order valence-electron chi connectivity index (χ3n) is 3.27. The van der Waals surface area contributed by atoms with E-state index in [0.29, 0.717) is 5.92 Å². The number of hydrogen-bond donors (Lipinski definition) is 0. The summed E-state index contributed by atoms with van der Waals surface area (Å²) in [4.78, 5) is 10.3. The van der Waals surface area contributed by atoms with Gasteiger partial charge in [0.15, 0.2) is 0 Å². The average molecular weight is 367 g/mol. The molecule has 1 aromatic rings. The van der Waals surface area contributed by atoms with E-state index in [0.717, 1.165) is 13.0 Å². The maximum atomic E-state index is 10.3. The molecule has 1 aromatic carbocycles. The number of benzene rings is 1. The smallest absolute Gasteiger partial charge is 0.130 e. The van der Waals surface area contributed by atoms with Crippen LogP contribution >= 0.6 is 0 Å². The van der Waals surface area contributed by atoms with Gasteiger partial charge in [-0.15, -0.1) is 0 Å². The lowest BCUT2D eigenvalue weighted by Gasteiger charge is -1.97. The minimum absolute atomic E-state index is 0.287. The quantitative estimate of drug-likeness (QED) is 0.447. The summed E-state index contributed by atoms with van der Waals surface area (Å²) in [6.07, 6.45) is 6.97. The van der Waals surface area contributed by atoms with Crippen molar-refractivity contribution < 1.29 is 9.53 Å². The van der Waals surface area contributed by atoms with E-state index in [1.54, 1.807) is 14.0 Å². The summed E-state index contributed by atoms with van der Waals surface area (Å²) in [6.45, 7) is 17.2. The minimum Gasteiger partial charge on any atom is -0.385 e. The number of hydrogen-bond acceptors (Lipinski definition) is 2. The number of carbonyl (C=O) groups is 1. The molecule has 26 heavy (non-hydrogen) atoms. The predicted octanol–water partition coefficient (Wildman–Crippen LogP) is 7.42. The Bertz CT molecular complexity index is 393. The summed E-state index contributed by atoms with van der Waals surface area (Å²) in [7, 11) is 1.75. The predicted molar refractivity (Wildman–Crippen MR) is 118 cm³/mol. The van der Waals surface area contributed by atoms with Crippen LogP contribution in [0.15, 0.2) is 24.3 Å². The van der Waals surface area contributed by atoms with E-state index in [9.17, 15) is 4.79 Å². The standard InChI is InChI=1S/C10H14.C6H12O.C6H14O.C2H6/c1-3-5-10-7-4-6-9(2)8-10;1-5(2)4-6(3)7;1-3-4-5-6-7-2;1-2/h4,6-8H,3,5H2,1-2H3;5H,4H2,1-3H3;3-6H2,1-2H3;1-2H3. The lowest BCUT2D eigenvalue weighted by atomic mass is 10.1. The second-order valence-corrected chi connectivity index (χ2v) is 6.74. The van der Waals surface area contributed by atoms with Crippen molar-refractivity contribution >= 4 is 5.78 Å². The molecule has 0 saturated carbocycles. The van der Waals surface area contributed by atoms with Gasteiger partial charge in [-0.1, -0.05) is 90.6 Å². The van der Waals surface area contributed by atoms with Crippen molar-refractivity contribution in [3.8, 4) is 0 Å². The number of methoxy groups -OCH3 is 1. The summed E-state index contributed by atoms with van der Waals surface area (Å²) < 4.78 is 4.84. The van der Waals surface area contributed by atoms with Crippen LogP contribution in [0.1, 0.15) is 91.7 Å². The number of Topliss-reactive ketones (excluding diaryl/α,β-unsaturated/α-hetero) is 1. The fraction of sp³-hybridized carbons (Fsp3) is 0.708. The molecule has 154 valence electrons. The molecule has 0 aliphatic heterocycles. The van der Waals surface area contributed by atoms with E-state index in [4.69, 9.17) is 4.74 Å². The van der Waals surface area contributed by atoms with Gasteiger partial charge < -0.3 is 9.53 Å². The van der Waals surface area contributed by atoms with Crippen LogP contribution in [0.4, 0.5) is 0 Å². The van der Waals surface area contributed by atoms with Gasteiger partial charge in [0.25, 0.3) is 0 Å². The van der Waals surface area contributed by atoms with E-state index in [-0.39, 0.29) is 5.78 Å². The first-order valence-corrected chi connectivity index (χ1v) is 10.4. The molecule has 0 aliphatic rings. The molecule has 0 aromatic heterocycles. The van der Waals surface area contributed by atoms with Gasteiger partial charge in [0.05, 0.1) is 0 Å². The molecule has 1 rings (SSSR count). The highest BCUT2D eigenvalue weighted by Gasteiger charge is 1.95. The van der Waals surface area contributed by atoms with E-state index in [1.807, 2.05) is 27.7 Å². The van der Waals surface area contributed by atoms with E-state index < -0.39 is 0 Å². The molecule has 0 radical (unpaired) electrons. The molecular formula is C24H46O2. The molecular weight excluding hydrogens is 320 g/mol. The van der Waals surface area contributed by atoms with Gasteiger partial charge in [-0.2, -0.15) is 0 Å². The van der Waals surface area contributed by atoms with Gasteiger partial charge >= 0.3 is 0 Å². The molecule has 0 bridgehead atoms. The van der Waals surface area contributed by atoms with Crippen LogP contribution in [0.25, 0.3) is 0 Å². The third kappa shape index (κ3) is 27.7. The fourth-order valence-corrected chi connectivity index (χ4v) is 2.23. The Morgan fingerprint density at radius 1 is 1.08 bits per heavy atom. The van der Waals surface area contributed by atoms with Gasteiger partial charge in [0.2, 0.25) is 0 Å². The Hall–Kier alpha value is -1.15. The van der Waals surface area contributed by atoms with Gasteiger partial charge in [0, 0.05) is 20.1 Å². The van der Waals surface area contributed by atoms with Crippen molar-refractivity contribution in [3.05, 3.63) is 35.4 Å². The molecule has 0 heterocycles. The van der Waals surface area contributed by atoms with Crippen LogP contribution in [0, 0.1) is 12.8 Å². The molecule has 0 atom stereocenters. The monoisotopic (exact) mass is 366 g/mol. The van der Waals surface area contributed by atoms with Crippen LogP contribution < -0.4 is 0 Å². The van der Waals surface area contributed by atoms with E-state index >= 15 is 0 Å². The maximum Gasteiger partial charge on any atom is 0.130 e. The van der Waals surface area contributed by atoms with Crippen LogP contribution in [-0.4, -0.2) is 19.5 Å². The largest absolute Gasteiger partial charge is 0.385 e. The van der Waals surface area contributed by atoms with E-state index in [1.165, 1.54) is 43.2 Å². The molecule has 0 amide bonds. The molecule has 2 heteroatoms. The Morgan fingerprint density at radius 2 is 1.69 bits per heavy atom. The number of carbonyl (C=O) groups excluding carboxylic acids is 1. The first-order chi connectivity index (χ1) is 12.4. The zero-order chi connectivity index (χ0) is 20.8.